The Morgan fingerprint density at radius 1 is 1.00 bits per heavy atom. The molecule has 94 valence electrons. The molecule has 0 N–H and O–H groups in total. The van der Waals surface area contributed by atoms with Gasteiger partial charge in [-0.1, -0.05) is 28.1 Å². The van der Waals surface area contributed by atoms with E-state index in [0.29, 0.717) is 6.61 Å². The number of para-hydroxylation sites is 1. The van der Waals surface area contributed by atoms with Crippen LogP contribution in [-0.2, 0) is 6.61 Å². The lowest BCUT2D eigenvalue weighted by Gasteiger charge is -2.11. The lowest BCUT2D eigenvalue weighted by molar-refractivity contribution is 0.295. The molecule has 4 heteroatoms. The molecule has 0 spiro atoms. The van der Waals surface area contributed by atoms with Gasteiger partial charge in [-0.05, 0) is 46.3 Å². The molecule has 0 aliphatic heterocycles. The van der Waals surface area contributed by atoms with Crippen molar-refractivity contribution in [2.24, 2.45) is 0 Å². The second kappa shape index (κ2) is 6.25. The van der Waals surface area contributed by atoms with Crippen molar-refractivity contribution in [1.29, 1.82) is 0 Å². The molecule has 0 amide bonds. The van der Waals surface area contributed by atoms with Crippen molar-refractivity contribution < 1.29 is 9.47 Å². The standard InChI is InChI=1S/C14H12Br2O2/c1-17-13-7-6-11(15)8-10(13)9-18-14-5-3-2-4-12(14)16/h2-8H,9H2,1H3. The molecule has 0 aliphatic rings. The summed E-state index contributed by atoms with van der Waals surface area (Å²) in [4.78, 5) is 0. The van der Waals surface area contributed by atoms with E-state index in [0.717, 1.165) is 26.0 Å². The largest absolute Gasteiger partial charge is 0.496 e. The molecule has 0 aliphatic carbocycles. The molecule has 0 unspecified atom stereocenters. The van der Waals surface area contributed by atoms with Crippen molar-refractivity contribution in [2.75, 3.05) is 7.11 Å². The van der Waals surface area contributed by atoms with Crippen LogP contribution in [0.25, 0.3) is 0 Å². The average Bonchev–Trinajstić information content (AvgIpc) is 2.38. The fourth-order valence-corrected chi connectivity index (χ4v) is 2.38. The van der Waals surface area contributed by atoms with Gasteiger partial charge in [0.25, 0.3) is 0 Å². The van der Waals surface area contributed by atoms with Gasteiger partial charge in [-0.2, -0.15) is 0 Å². The predicted molar refractivity (Wildman–Crippen MR) is 79.2 cm³/mol. The first-order valence-electron chi connectivity index (χ1n) is 5.40. The minimum Gasteiger partial charge on any atom is -0.496 e. The van der Waals surface area contributed by atoms with E-state index in [4.69, 9.17) is 9.47 Å². The van der Waals surface area contributed by atoms with Gasteiger partial charge < -0.3 is 9.47 Å². The van der Waals surface area contributed by atoms with Gasteiger partial charge in [-0.15, -0.1) is 0 Å². The summed E-state index contributed by atoms with van der Waals surface area (Å²) in [5.41, 5.74) is 1.00. The van der Waals surface area contributed by atoms with Crippen LogP contribution in [0, 0.1) is 0 Å². The fourth-order valence-electron chi connectivity index (χ4n) is 1.58. The zero-order chi connectivity index (χ0) is 13.0. The van der Waals surface area contributed by atoms with Gasteiger partial charge in [-0.25, -0.2) is 0 Å². The van der Waals surface area contributed by atoms with E-state index in [2.05, 4.69) is 31.9 Å². The van der Waals surface area contributed by atoms with E-state index in [1.807, 2.05) is 42.5 Å². The van der Waals surface area contributed by atoms with Crippen LogP contribution in [0.4, 0.5) is 0 Å². The smallest absolute Gasteiger partial charge is 0.133 e. The van der Waals surface area contributed by atoms with Gasteiger partial charge in [-0.3, -0.25) is 0 Å². The minimum absolute atomic E-state index is 0.464. The van der Waals surface area contributed by atoms with Crippen LogP contribution in [0.3, 0.4) is 0 Å². The maximum absolute atomic E-state index is 5.77. The molecule has 0 aromatic heterocycles. The van der Waals surface area contributed by atoms with Gasteiger partial charge in [0.2, 0.25) is 0 Å². The molecule has 2 aromatic carbocycles. The third-order valence-electron chi connectivity index (χ3n) is 2.46. The van der Waals surface area contributed by atoms with Crippen molar-refractivity contribution in [1.82, 2.24) is 0 Å². The Morgan fingerprint density at radius 2 is 1.78 bits per heavy atom. The molecule has 0 fully saturated rings. The number of methoxy groups -OCH3 is 1. The molecular formula is C14H12Br2O2. The lowest BCUT2D eigenvalue weighted by atomic mass is 10.2. The Morgan fingerprint density at radius 3 is 2.50 bits per heavy atom. The summed E-state index contributed by atoms with van der Waals surface area (Å²) in [7, 11) is 1.66. The lowest BCUT2D eigenvalue weighted by Crippen LogP contribution is -1.99. The number of rotatable bonds is 4. The van der Waals surface area contributed by atoms with E-state index in [9.17, 15) is 0 Å². The van der Waals surface area contributed by atoms with Gasteiger partial charge in [0, 0.05) is 10.0 Å². The number of ether oxygens (including phenoxy) is 2. The average molecular weight is 372 g/mol. The van der Waals surface area contributed by atoms with E-state index in [1.54, 1.807) is 7.11 Å². The normalized spacial score (nSPS) is 10.2. The number of hydrogen-bond donors (Lipinski definition) is 0. The van der Waals surface area contributed by atoms with Crippen LogP contribution in [0.15, 0.2) is 51.4 Å². The van der Waals surface area contributed by atoms with Crippen LogP contribution in [0.1, 0.15) is 5.56 Å². The Kier molecular flexibility index (Phi) is 4.66. The summed E-state index contributed by atoms with van der Waals surface area (Å²) in [6.45, 7) is 0.464. The first kappa shape index (κ1) is 13.4. The molecule has 2 rings (SSSR count). The molecule has 0 heterocycles. The molecule has 2 aromatic rings. The van der Waals surface area contributed by atoms with Crippen LogP contribution < -0.4 is 9.47 Å². The number of halogens is 2. The summed E-state index contributed by atoms with van der Waals surface area (Å²) in [6, 6.07) is 13.6. The van der Waals surface area contributed by atoms with Crippen LogP contribution in [-0.4, -0.2) is 7.11 Å². The molecule has 0 radical (unpaired) electrons. The molecule has 0 saturated carbocycles. The monoisotopic (exact) mass is 370 g/mol. The molecule has 0 saturated heterocycles. The third kappa shape index (κ3) is 3.27. The van der Waals surface area contributed by atoms with Crippen molar-refractivity contribution in [2.45, 2.75) is 6.61 Å². The molecule has 18 heavy (non-hydrogen) atoms. The third-order valence-corrected chi connectivity index (χ3v) is 3.61. The minimum atomic E-state index is 0.464. The Labute approximate surface area is 123 Å². The second-order valence-corrected chi connectivity index (χ2v) is 5.45. The number of benzene rings is 2. The number of hydrogen-bond acceptors (Lipinski definition) is 2. The maximum atomic E-state index is 5.77. The molecular weight excluding hydrogens is 360 g/mol. The second-order valence-electron chi connectivity index (χ2n) is 3.68. The van der Waals surface area contributed by atoms with Crippen molar-refractivity contribution in [3.8, 4) is 11.5 Å². The van der Waals surface area contributed by atoms with E-state index in [-0.39, 0.29) is 0 Å². The molecule has 2 nitrogen and oxygen atoms in total. The van der Waals surface area contributed by atoms with Gasteiger partial charge in [0.15, 0.2) is 0 Å². The summed E-state index contributed by atoms with van der Waals surface area (Å²) in [5.74, 6) is 1.64. The van der Waals surface area contributed by atoms with Gasteiger partial charge in [0.05, 0.1) is 11.6 Å². The summed E-state index contributed by atoms with van der Waals surface area (Å²) in [6.07, 6.45) is 0. The Bertz CT molecular complexity index is 541. The van der Waals surface area contributed by atoms with E-state index >= 15 is 0 Å². The Hall–Kier alpha value is -1.00. The topological polar surface area (TPSA) is 18.5 Å². The predicted octanol–water partition coefficient (Wildman–Crippen LogP) is 4.80. The maximum Gasteiger partial charge on any atom is 0.133 e. The van der Waals surface area contributed by atoms with Crippen molar-refractivity contribution in [3.05, 3.63) is 57.0 Å². The highest BCUT2D eigenvalue weighted by Crippen LogP contribution is 2.28. The first-order chi connectivity index (χ1) is 8.70. The van der Waals surface area contributed by atoms with Crippen LogP contribution in [0.2, 0.25) is 0 Å². The quantitative estimate of drug-likeness (QED) is 0.768. The first-order valence-corrected chi connectivity index (χ1v) is 6.99. The zero-order valence-electron chi connectivity index (χ0n) is 9.82. The zero-order valence-corrected chi connectivity index (χ0v) is 13.0. The molecule has 0 bridgehead atoms. The summed E-state index contributed by atoms with van der Waals surface area (Å²) >= 11 is 6.90. The molecule has 0 atom stereocenters. The van der Waals surface area contributed by atoms with Crippen LogP contribution in [0.5, 0.6) is 11.5 Å². The van der Waals surface area contributed by atoms with Crippen molar-refractivity contribution >= 4 is 31.9 Å². The van der Waals surface area contributed by atoms with E-state index in [1.165, 1.54) is 0 Å². The summed E-state index contributed by atoms with van der Waals surface area (Å²) in [5, 5.41) is 0. The highest BCUT2D eigenvalue weighted by molar-refractivity contribution is 9.10. The highest BCUT2D eigenvalue weighted by Gasteiger charge is 2.06. The van der Waals surface area contributed by atoms with Crippen molar-refractivity contribution in [3.63, 3.8) is 0 Å². The van der Waals surface area contributed by atoms with Gasteiger partial charge in [0.1, 0.15) is 18.1 Å². The van der Waals surface area contributed by atoms with Crippen LogP contribution >= 0.6 is 31.9 Å². The summed E-state index contributed by atoms with van der Waals surface area (Å²) < 4.78 is 13.0. The van der Waals surface area contributed by atoms with Gasteiger partial charge >= 0.3 is 0 Å². The fraction of sp³-hybridized carbons (Fsp3) is 0.143. The highest BCUT2D eigenvalue weighted by atomic mass is 79.9. The SMILES string of the molecule is COc1ccc(Br)cc1COc1ccccc1Br. The van der Waals surface area contributed by atoms with E-state index < -0.39 is 0 Å². The Balaban J connectivity index is 2.15.